The fourth-order valence-corrected chi connectivity index (χ4v) is 5.91. The van der Waals surface area contributed by atoms with Crippen LogP contribution in [0.3, 0.4) is 0 Å². The smallest absolute Gasteiger partial charge is 0.245 e. The van der Waals surface area contributed by atoms with Crippen LogP contribution in [0, 0.1) is 11.7 Å². The van der Waals surface area contributed by atoms with Crippen molar-refractivity contribution in [2.45, 2.75) is 38.8 Å². The number of ether oxygens (including phenoxy) is 3. The Labute approximate surface area is 273 Å². The van der Waals surface area contributed by atoms with Gasteiger partial charge in [0.2, 0.25) is 5.91 Å². The van der Waals surface area contributed by atoms with Crippen LogP contribution >= 0.6 is 0 Å². The number of piperidine rings is 1. The van der Waals surface area contributed by atoms with Gasteiger partial charge < -0.3 is 34.6 Å². The average Bonchev–Trinajstić information content (AvgIpc) is 3.09. The first kappa shape index (κ1) is 32.0. The quantitative estimate of drug-likeness (QED) is 0.195. The van der Waals surface area contributed by atoms with Gasteiger partial charge in [-0.3, -0.25) is 4.79 Å². The predicted molar refractivity (Wildman–Crippen MR) is 180 cm³/mol. The lowest BCUT2D eigenvalue weighted by Gasteiger charge is -2.35. The topological polar surface area (TPSA) is 114 Å². The number of carbonyl (C=O) groups excluding carboxylic acids is 1. The zero-order valence-corrected chi connectivity index (χ0v) is 26.9. The van der Waals surface area contributed by atoms with Gasteiger partial charge in [0.05, 0.1) is 36.7 Å². The highest BCUT2D eigenvalue weighted by atomic mass is 19.1. The summed E-state index contributed by atoms with van der Waals surface area (Å²) in [5.74, 6) is 2.65. The number of rotatable bonds is 10. The summed E-state index contributed by atoms with van der Waals surface area (Å²) in [4.78, 5) is 29.3. The van der Waals surface area contributed by atoms with Crippen LogP contribution in [-0.2, 0) is 9.53 Å². The molecule has 0 unspecified atom stereocenters. The fourth-order valence-electron chi connectivity index (χ4n) is 5.91. The molecule has 47 heavy (non-hydrogen) atoms. The van der Waals surface area contributed by atoms with Crippen LogP contribution < -0.4 is 25.0 Å². The molecule has 4 aromatic rings. The summed E-state index contributed by atoms with van der Waals surface area (Å²) in [6.07, 6.45) is 6.18. The number of aromatic nitrogens is 3. The van der Waals surface area contributed by atoms with Crippen LogP contribution in [0.4, 0.5) is 27.4 Å². The summed E-state index contributed by atoms with van der Waals surface area (Å²) < 4.78 is 33.1. The van der Waals surface area contributed by atoms with Gasteiger partial charge in [0.25, 0.3) is 0 Å². The first-order chi connectivity index (χ1) is 22.8. The van der Waals surface area contributed by atoms with Crippen LogP contribution in [0.1, 0.15) is 26.7 Å². The summed E-state index contributed by atoms with van der Waals surface area (Å²) in [6.45, 7) is 11.3. The van der Waals surface area contributed by atoms with Crippen LogP contribution in [-0.4, -0.2) is 77.8 Å². The molecule has 0 radical (unpaired) electrons. The van der Waals surface area contributed by atoms with E-state index in [1.807, 2.05) is 18.2 Å². The molecule has 1 atom stereocenters. The molecule has 0 spiro atoms. The maximum Gasteiger partial charge on any atom is 0.245 e. The Hall–Kier alpha value is -4.97. The highest BCUT2D eigenvalue weighted by Gasteiger charge is 2.25. The third kappa shape index (κ3) is 7.38. The van der Waals surface area contributed by atoms with E-state index in [9.17, 15) is 4.79 Å². The van der Waals surface area contributed by atoms with E-state index in [0.717, 1.165) is 37.4 Å². The number of hydrogen-bond acceptors (Lipinski definition) is 10. The number of anilines is 4. The van der Waals surface area contributed by atoms with Crippen molar-refractivity contribution in [1.29, 1.82) is 0 Å². The SMILES string of the molecule is C=CC(=O)N1CCC(Nc2cc3c(Nc4ccc(Oc5ccnc(N6CCO[C@@H](C(C)C)C6)c5)cc4F)ncnc3cc2OC)CC1. The normalized spacial score (nSPS) is 17.1. The fraction of sp³-hybridized carbons (Fsp3) is 0.371. The van der Waals surface area contributed by atoms with Crippen molar-refractivity contribution < 1.29 is 23.4 Å². The Morgan fingerprint density at radius 2 is 1.87 bits per heavy atom. The van der Waals surface area contributed by atoms with Crippen molar-refractivity contribution in [2.24, 2.45) is 5.92 Å². The minimum absolute atomic E-state index is 0.0542. The van der Waals surface area contributed by atoms with Gasteiger partial charge in [-0.1, -0.05) is 20.4 Å². The second-order valence-corrected chi connectivity index (χ2v) is 12.1. The molecule has 2 saturated heterocycles. The van der Waals surface area contributed by atoms with Crippen molar-refractivity contribution in [3.05, 3.63) is 73.5 Å². The molecular weight excluding hydrogens is 601 g/mol. The van der Waals surface area contributed by atoms with Crippen LogP contribution in [0.25, 0.3) is 10.9 Å². The van der Waals surface area contributed by atoms with Gasteiger partial charge in [0, 0.05) is 62.0 Å². The van der Waals surface area contributed by atoms with Crippen LogP contribution in [0.2, 0.25) is 0 Å². The molecule has 2 aliphatic heterocycles. The van der Waals surface area contributed by atoms with Crippen molar-refractivity contribution in [3.63, 3.8) is 0 Å². The van der Waals surface area contributed by atoms with Crippen molar-refractivity contribution in [2.75, 3.05) is 55.4 Å². The summed E-state index contributed by atoms with van der Waals surface area (Å²) in [6, 6.07) is 12.2. The van der Waals surface area contributed by atoms with Gasteiger partial charge in [0.15, 0.2) is 0 Å². The maximum atomic E-state index is 15.5. The van der Waals surface area contributed by atoms with E-state index in [0.29, 0.717) is 59.6 Å². The standard InChI is InChI=1S/C35H40FN7O4/c1-5-34(44)42-12-9-23(10-13-42)40-30-18-26-29(19-31(30)45-4)38-21-39-35(26)41-28-7-6-24(16-27(28)36)47-25-8-11-37-33(17-25)43-14-15-46-32(20-43)22(2)3/h5-8,11,16-19,21-23,32,40H,1,9-10,12-15,20H2,2-4H3,(H,38,39,41)/t32-/m1/s1. The highest BCUT2D eigenvalue weighted by Crippen LogP contribution is 2.35. The number of halogens is 1. The molecule has 4 heterocycles. The van der Waals surface area contributed by atoms with Crippen LogP contribution in [0.5, 0.6) is 17.2 Å². The van der Waals surface area contributed by atoms with Crippen LogP contribution in [0.15, 0.2) is 67.6 Å². The van der Waals surface area contributed by atoms with Gasteiger partial charge in [-0.05, 0) is 49.1 Å². The summed E-state index contributed by atoms with van der Waals surface area (Å²) in [7, 11) is 1.61. The van der Waals surface area contributed by atoms with E-state index in [4.69, 9.17) is 14.2 Å². The van der Waals surface area contributed by atoms with E-state index >= 15 is 4.39 Å². The van der Waals surface area contributed by atoms with Gasteiger partial charge in [-0.2, -0.15) is 0 Å². The highest BCUT2D eigenvalue weighted by molar-refractivity contribution is 5.95. The van der Waals surface area contributed by atoms with E-state index in [2.05, 4.69) is 50.9 Å². The Balaban J connectivity index is 1.17. The van der Waals surface area contributed by atoms with E-state index in [1.54, 1.807) is 36.4 Å². The Bertz CT molecular complexity index is 1740. The number of hydrogen-bond donors (Lipinski definition) is 2. The largest absolute Gasteiger partial charge is 0.495 e. The monoisotopic (exact) mass is 641 g/mol. The minimum Gasteiger partial charge on any atom is -0.495 e. The number of benzene rings is 2. The number of methoxy groups -OCH3 is 1. The van der Waals surface area contributed by atoms with Gasteiger partial charge in [0.1, 0.15) is 41.0 Å². The summed E-state index contributed by atoms with van der Waals surface area (Å²) in [5.41, 5.74) is 1.65. The molecule has 6 rings (SSSR count). The van der Waals surface area contributed by atoms with E-state index in [-0.39, 0.29) is 23.7 Å². The molecular formula is C35H40FN7O4. The maximum absolute atomic E-state index is 15.5. The Morgan fingerprint density at radius 1 is 1.06 bits per heavy atom. The van der Waals surface area contributed by atoms with Crippen molar-refractivity contribution in [1.82, 2.24) is 19.9 Å². The predicted octanol–water partition coefficient (Wildman–Crippen LogP) is 6.16. The van der Waals surface area contributed by atoms with Gasteiger partial charge >= 0.3 is 0 Å². The molecule has 2 aromatic heterocycles. The van der Waals surface area contributed by atoms with Gasteiger partial charge in [-0.15, -0.1) is 0 Å². The molecule has 2 N–H and O–H groups in total. The summed E-state index contributed by atoms with van der Waals surface area (Å²) >= 11 is 0. The lowest BCUT2D eigenvalue weighted by Crippen LogP contribution is -2.45. The molecule has 0 aliphatic carbocycles. The second kappa shape index (κ2) is 14.2. The lowest BCUT2D eigenvalue weighted by molar-refractivity contribution is -0.126. The zero-order chi connectivity index (χ0) is 32.9. The molecule has 246 valence electrons. The number of nitrogens with zero attached hydrogens (tertiary/aromatic N) is 5. The first-order valence-corrected chi connectivity index (χ1v) is 15.9. The minimum atomic E-state index is -0.496. The van der Waals surface area contributed by atoms with Crippen molar-refractivity contribution >= 4 is 39.8 Å². The molecule has 2 fully saturated rings. The second-order valence-electron chi connectivity index (χ2n) is 12.1. The number of fused-ring (bicyclic) bond motifs is 1. The number of pyridine rings is 1. The summed E-state index contributed by atoms with van der Waals surface area (Å²) in [5, 5.41) is 7.39. The zero-order valence-electron chi connectivity index (χ0n) is 26.9. The average molecular weight is 642 g/mol. The van der Waals surface area contributed by atoms with Gasteiger partial charge in [-0.25, -0.2) is 19.3 Å². The number of nitrogens with one attached hydrogen (secondary N) is 2. The molecule has 0 bridgehead atoms. The Kier molecular flexibility index (Phi) is 9.67. The van der Waals surface area contributed by atoms with Crippen molar-refractivity contribution in [3.8, 4) is 17.2 Å². The molecule has 11 nitrogen and oxygen atoms in total. The third-order valence-corrected chi connectivity index (χ3v) is 8.60. The number of morpholine rings is 1. The molecule has 12 heteroatoms. The number of carbonyl (C=O) groups is 1. The molecule has 1 amide bonds. The van der Waals surface area contributed by atoms with E-state index in [1.165, 1.54) is 18.5 Å². The third-order valence-electron chi connectivity index (χ3n) is 8.60. The molecule has 0 saturated carbocycles. The first-order valence-electron chi connectivity index (χ1n) is 15.9. The van der Waals surface area contributed by atoms with E-state index < -0.39 is 5.82 Å². The molecule has 2 aromatic carbocycles. The Morgan fingerprint density at radius 3 is 2.62 bits per heavy atom. The lowest BCUT2D eigenvalue weighted by atomic mass is 10.0. The number of likely N-dealkylation sites (tertiary alicyclic amines) is 1. The molecule has 2 aliphatic rings. The number of amides is 1.